The van der Waals surface area contributed by atoms with Crippen LogP contribution in [-0.2, 0) is 14.3 Å². The second-order valence-electron chi connectivity index (χ2n) is 5.26. The predicted octanol–water partition coefficient (Wildman–Crippen LogP) is 3.35. The zero-order valence-electron chi connectivity index (χ0n) is 14.0. The SMILES string of the molecule is O=C(COC(=O)/C=C/c1ccc([N+](=O)[O-])cc1)Nc1ccc(Cl)c([N+](=O)[O-])c1. The number of nitro benzene ring substituents is 2. The Morgan fingerprint density at radius 1 is 1.07 bits per heavy atom. The average Bonchev–Trinajstić information content (AvgIpc) is 2.66. The highest BCUT2D eigenvalue weighted by Crippen LogP contribution is 2.27. The number of ether oxygens (including phenoxy) is 1. The van der Waals surface area contributed by atoms with Crippen LogP contribution < -0.4 is 5.32 Å². The van der Waals surface area contributed by atoms with E-state index in [4.69, 9.17) is 16.3 Å². The summed E-state index contributed by atoms with van der Waals surface area (Å²) >= 11 is 5.68. The number of hydrogen-bond acceptors (Lipinski definition) is 7. The molecule has 2 aromatic carbocycles. The van der Waals surface area contributed by atoms with Crippen molar-refractivity contribution in [3.63, 3.8) is 0 Å². The molecule has 0 radical (unpaired) electrons. The number of halogens is 1. The molecule has 28 heavy (non-hydrogen) atoms. The van der Waals surface area contributed by atoms with Gasteiger partial charge in [0, 0.05) is 30.0 Å². The summed E-state index contributed by atoms with van der Waals surface area (Å²) in [5, 5.41) is 23.6. The first kappa shape index (κ1) is 20.5. The number of nitrogens with one attached hydrogen (secondary N) is 1. The van der Waals surface area contributed by atoms with Gasteiger partial charge in [-0.3, -0.25) is 25.0 Å². The molecule has 0 saturated carbocycles. The van der Waals surface area contributed by atoms with E-state index in [0.29, 0.717) is 5.56 Å². The van der Waals surface area contributed by atoms with Crippen molar-refractivity contribution in [3.8, 4) is 0 Å². The molecule has 0 saturated heterocycles. The van der Waals surface area contributed by atoms with Gasteiger partial charge in [0.25, 0.3) is 17.3 Å². The van der Waals surface area contributed by atoms with Gasteiger partial charge in [-0.2, -0.15) is 0 Å². The molecule has 0 unspecified atom stereocenters. The van der Waals surface area contributed by atoms with Crippen molar-refractivity contribution in [3.05, 3.63) is 79.4 Å². The maximum atomic E-state index is 11.8. The van der Waals surface area contributed by atoms with E-state index in [0.717, 1.165) is 12.1 Å². The van der Waals surface area contributed by atoms with Crippen LogP contribution in [0.2, 0.25) is 5.02 Å². The molecule has 11 heteroatoms. The zero-order chi connectivity index (χ0) is 20.7. The molecule has 0 aromatic heterocycles. The van der Waals surface area contributed by atoms with Gasteiger partial charge in [-0.25, -0.2) is 4.79 Å². The van der Waals surface area contributed by atoms with E-state index in [2.05, 4.69) is 5.32 Å². The van der Waals surface area contributed by atoms with Crippen LogP contribution >= 0.6 is 11.6 Å². The molecular formula is C17H12ClN3O7. The third kappa shape index (κ3) is 5.88. The zero-order valence-corrected chi connectivity index (χ0v) is 14.8. The summed E-state index contributed by atoms with van der Waals surface area (Å²) in [6.07, 6.45) is 2.42. The first-order chi connectivity index (χ1) is 13.3. The van der Waals surface area contributed by atoms with E-state index in [1.54, 1.807) is 0 Å². The molecule has 144 valence electrons. The van der Waals surface area contributed by atoms with Crippen LogP contribution in [0.3, 0.4) is 0 Å². The van der Waals surface area contributed by atoms with Crippen molar-refractivity contribution in [1.82, 2.24) is 0 Å². The summed E-state index contributed by atoms with van der Waals surface area (Å²) in [5.74, 6) is -1.51. The van der Waals surface area contributed by atoms with Crippen LogP contribution in [0, 0.1) is 20.2 Å². The Morgan fingerprint density at radius 3 is 2.36 bits per heavy atom. The second kappa shape index (κ2) is 9.24. The van der Waals surface area contributed by atoms with Gasteiger partial charge < -0.3 is 10.1 Å². The Labute approximate surface area is 162 Å². The van der Waals surface area contributed by atoms with E-state index in [-0.39, 0.29) is 22.1 Å². The molecule has 0 aliphatic heterocycles. The van der Waals surface area contributed by atoms with E-state index in [1.165, 1.54) is 42.5 Å². The number of rotatable bonds is 7. The highest BCUT2D eigenvalue weighted by Gasteiger charge is 2.14. The number of benzene rings is 2. The topological polar surface area (TPSA) is 142 Å². The highest BCUT2D eigenvalue weighted by atomic mass is 35.5. The number of hydrogen-bond donors (Lipinski definition) is 1. The predicted molar refractivity (Wildman–Crippen MR) is 99.8 cm³/mol. The van der Waals surface area contributed by atoms with Crippen LogP contribution in [0.15, 0.2) is 48.5 Å². The van der Waals surface area contributed by atoms with E-state index >= 15 is 0 Å². The Kier molecular flexibility index (Phi) is 6.77. The Bertz CT molecular complexity index is 958. The fraction of sp³-hybridized carbons (Fsp3) is 0.0588. The van der Waals surface area contributed by atoms with E-state index in [1.807, 2.05) is 0 Å². The van der Waals surface area contributed by atoms with Crippen LogP contribution in [0.25, 0.3) is 6.08 Å². The van der Waals surface area contributed by atoms with E-state index < -0.39 is 28.3 Å². The van der Waals surface area contributed by atoms with Gasteiger partial charge in [0.15, 0.2) is 6.61 Å². The molecule has 0 aliphatic rings. The fourth-order valence-electron chi connectivity index (χ4n) is 1.98. The Balaban J connectivity index is 1.86. The molecule has 1 amide bonds. The summed E-state index contributed by atoms with van der Waals surface area (Å²) in [7, 11) is 0. The van der Waals surface area contributed by atoms with Crippen LogP contribution in [0.5, 0.6) is 0 Å². The van der Waals surface area contributed by atoms with Crippen molar-refractivity contribution in [2.24, 2.45) is 0 Å². The lowest BCUT2D eigenvalue weighted by atomic mass is 10.2. The maximum Gasteiger partial charge on any atom is 0.331 e. The van der Waals surface area contributed by atoms with Gasteiger partial charge in [0.1, 0.15) is 5.02 Å². The van der Waals surface area contributed by atoms with Gasteiger partial charge in [-0.1, -0.05) is 11.6 Å². The van der Waals surface area contributed by atoms with Gasteiger partial charge >= 0.3 is 5.97 Å². The quantitative estimate of drug-likeness (QED) is 0.322. The molecule has 0 fully saturated rings. The second-order valence-corrected chi connectivity index (χ2v) is 5.67. The number of anilines is 1. The minimum atomic E-state index is -0.810. The molecular weight excluding hydrogens is 394 g/mol. The number of carbonyl (C=O) groups excluding carboxylic acids is 2. The van der Waals surface area contributed by atoms with Gasteiger partial charge in [0.05, 0.1) is 9.85 Å². The summed E-state index contributed by atoms with van der Waals surface area (Å²) in [6.45, 7) is -0.611. The van der Waals surface area contributed by atoms with Crippen molar-refractivity contribution in [2.45, 2.75) is 0 Å². The molecule has 2 aromatic rings. The minimum absolute atomic E-state index is 0.0780. The van der Waals surface area contributed by atoms with Crippen LogP contribution in [-0.4, -0.2) is 28.3 Å². The Morgan fingerprint density at radius 2 is 1.75 bits per heavy atom. The summed E-state index contributed by atoms with van der Waals surface area (Å²) in [5.41, 5.74) is 0.195. The van der Waals surface area contributed by atoms with Crippen molar-refractivity contribution < 1.29 is 24.2 Å². The summed E-state index contributed by atoms with van der Waals surface area (Å²) in [4.78, 5) is 43.5. The van der Waals surface area contributed by atoms with Crippen molar-refractivity contribution in [2.75, 3.05) is 11.9 Å². The van der Waals surface area contributed by atoms with Crippen LogP contribution in [0.1, 0.15) is 5.56 Å². The number of carbonyl (C=O) groups is 2. The van der Waals surface area contributed by atoms with Crippen molar-refractivity contribution in [1.29, 1.82) is 0 Å². The largest absolute Gasteiger partial charge is 0.452 e. The normalized spacial score (nSPS) is 10.5. The fourth-order valence-corrected chi connectivity index (χ4v) is 2.17. The van der Waals surface area contributed by atoms with Gasteiger partial charge in [-0.05, 0) is 35.9 Å². The summed E-state index contributed by atoms with van der Waals surface area (Å²) < 4.78 is 4.76. The Hall–Kier alpha value is -3.79. The average molecular weight is 406 g/mol. The number of esters is 1. The van der Waals surface area contributed by atoms with E-state index in [9.17, 15) is 29.8 Å². The summed E-state index contributed by atoms with van der Waals surface area (Å²) in [6, 6.07) is 9.16. The third-order valence-corrected chi connectivity index (χ3v) is 3.61. The standard InChI is InChI=1S/C17H12ClN3O7/c18-14-7-4-12(9-15(14)21(26)27)19-16(22)10-28-17(23)8-3-11-1-5-13(6-2-11)20(24)25/h1-9H,10H2,(H,19,22)/b8-3+. The van der Waals surface area contributed by atoms with Gasteiger partial charge in [-0.15, -0.1) is 0 Å². The van der Waals surface area contributed by atoms with Crippen molar-refractivity contribution >= 4 is 46.6 Å². The molecule has 0 atom stereocenters. The number of nitrogens with zero attached hydrogens (tertiary/aromatic N) is 2. The molecule has 0 bridgehead atoms. The van der Waals surface area contributed by atoms with Gasteiger partial charge in [0.2, 0.25) is 0 Å². The lowest BCUT2D eigenvalue weighted by molar-refractivity contribution is -0.385. The molecule has 2 rings (SSSR count). The maximum absolute atomic E-state index is 11.8. The number of non-ortho nitro benzene ring substituents is 1. The smallest absolute Gasteiger partial charge is 0.331 e. The molecule has 0 heterocycles. The molecule has 0 aliphatic carbocycles. The lowest BCUT2D eigenvalue weighted by Gasteiger charge is -2.06. The monoisotopic (exact) mass is 405 g/mol. The number of amides is 1. The molecule has 0 spiro atoms. The number of nitro groups is 2. The highest BCUT2D eigenvalue weighted by molar-refractivity contribution is 6.32. The lowest BCUT2D eigenvalue weighted by Crippen LogP contribution is -2.20. The first-order valence-corrected chi connectivity index (χ1v) is 7.97. The molecule has 10 nitrogen and oxygen atoms in total. The minimum Gasteiger partial charge on any atom is -0.452 e. The van der Waals surface area contributed by atoms with Crippen LogP contribution in [0.4, 0.5) is 17.1 Å². The third-order valence-electron chi connectivity index (χ3n) is 3.29. The molecule has 1 N–H and O–H groups in total. The first-order valence-electron chi connectivity index (χ1n) is 7.59.